The molecule has 0 N–H and O–H groups in total. The number of aryl methyl sites for hydroxylation is 1. The summed E-state index contributed by atoms with van der Waals surface area (Å²) in [5, 5.41) is 4.96. The van der Waals surface area contributed by atoms with Crippen LogP contribution in [0.5, 0.6) is 5.75 Å². The van der Waals surface area contributed by atoms with Crippen molar-refractivity contribution in [1.82, 2.24) is 9.78 Å². The summed E-state index contributed by atoms with van der Waals surface area (Å²) in [6.45, 7) is 6.43. The van der Waals surface area contributed by atoms with Crippen molar-refractivity contribution in [2.45, 2.75) is 27.3 Å². The molecule has 20 heavy (non-hydrogen) atoms. The Morgan fingerprint density at radius 1 is 1.45 bits per heavy atom. The molecule has 106 valence electrons. The van der Waals surface area contributed by atoms with Gasteiger partial charge in [0.25, 0.3) is 0 Å². The zero-order valence-electron chi connectivity index (χ0n) is 11.8. The molecule has 1 aromatic carbocycles. The normalized spacial score (nSPS) is 10.6. The number of halogens is 1. The van der Waals surface area contributed by atoms with Gasteiger partial charge in [-0.15, -0.1) is 0 Å². The zero-order valence-corrected chi connectivity index (χ0v) is 12.6. The van der Waals surface area contributed by atoms with E-state index in [-0.39, 0.29) is 5.78 Å². The third kappa shape index (κ3) is 3.20. The van der Waals surface area contributed by atoms with Crippen molar-refractivity contribution in [2.24, 2.45) is 0 Å². The molecule has 0 spiro atoms. The second-order valence-electron chi connectivity index (χ2n) is 4.57. The second kappa shape index (κ2) is 6.09. The number of hydrogen-bond donors (Lipinski definition) is 0. The average molecular weight is 293 g/mol. The monoisotopic (exact) mass is 292 g/mol. The zero-order chi connectivity index (χ0) is 14.7. The molecule has 0 radical (unpaired) electrons. The van der Waals surface area contributed by atoms with Gasteiger partial charge in [0.2, 0.25) is 0 Å². The van der Waals surface area contributed by atoms with Crippen LogP contribution in [-0.2, 0) is 6.54 Å². The molecule has 0 fully saturated rings. The van der Waals surface area contributed by atoms with Gasteiger partial charge in [0.05, 0.1) is 23.9 Å². The summed E-state index contributed by atoms with van der Waals surface area (Å²) < 4.78 is 7.35. The maximum absolute atomic E-state index is 11.5. The minimum absolute atomic E-state index is 0.0315. The van der Waals surface area contributed by atoms with E-state index < -0.39 is 0 Å². The first-order chi connectivity index (χ1) is 9.51. The number of ketones is 1. The lowest BCUT2D eigenvalue weighted by atomic mass is 10.1. The first-order valence-corrected chi connectivity index (χ1v) is 6.85. The fourth-order valence-electron chi connectivity index (χ4n) is 1.97. The van der Waals surface area contributed by atoms with Gasteiger partial charge < -0.3 is 4.74 Å². The smallest absolute Gasteiger partial charge is 0.159 e. The number of hydrogen-bond acceptors (Lipinski definition) is 3. The molecule has 0 aliphatic carbocycles. The summed E-state index contributed by atoms with van der Waals surface area (Å²) in [4.78, 5) is 11.5. The van der Waals surface area contributed by atoms with E-state index in [0.29, 0.717) is 23.7 Å². The summed E-state index contributed by atoms with van der Waals surface area (Å²) >= 11 is 6.01. The van der Waals surface area contributed by atoms with Crippen molar-refractivity contribution >= 4 is 17.4 Å². The van der Waals surface area contributed by atoms with Crippen LogP contribution in [0.1, 0.15) is 35.5 Å². The standard InChI is InChI=1S/C15H17ClN2O2/c1-4-20-15-6-5-12(11(3)19)7-13(15)8-18-9-14(16)10(2)17-18/h5-7,9H,4,8H2,1-3H3. The summed E-state index contributed by atoms with van der Waals surface area (Å²) in [5.41, 5.74) is 2.37. The minimum Gasteiger partial charge on any atom is -0.494 e. The maximum Gasteiger partial charge on any atom is 0.159 e. The van der Waals surface area contributed by atoms with Crippen LogP contribution in [0.3, 0.4) is 0 Å². The van der Waals surface area contributed by atoms with E-state index in [4.69, 9.17) is 16.3 Å². The van der Waals surface area contributed by atoms with E-state index in [2.05, 4.69) is 5.10 Å². The van der Waals surface area contributed by atoms with Gasteiger partial charge in [-0.05, 0) is 39.0 Å². The Morgan fingerprint density at radius 2 is 2.20 bits per heavy atom. The molecule has 0 saturated carbocycles. The SMILES string of the molecule is CCOc1ccc(C(C)=O)cc1Cn1cc(Cl)c(C)n1. The van der Waals surface area contributed by atoms with Crippen molar-refractivity contribution in [2.75, 3.05) is 6.61 Å². The topological polar surface area (TPSA) is 44.1 Å². The molecule has 4 nitrogen and oxygen atoms in total. The highest BCUT2D eigenvalue weighted by atomic mass is 35.5. The van der Waals surface area contributed by atoms with Crippen molar-refractivity contribution in [1.29, 1.82) is 0 Å². The number of nitrogens with zero attached hydrogens (tertiary/aromatic N) is 2. The highest BCUT2D eigenvalue weighted by molar-refractivity contribution is 6.31. The highest BCUT2D eigenvalue weighted by Gasteiger charge is 2.10. The van der Waals surface area contributed by atoms with Crippen LogP contribution < -0.4 is 4.74 Å². The number of rotatable bonds is 5. The van der Waals surface area contributed by atoms with E-state index >= 15 is 0 Å². The van der Waals surface area contributed by atoms with Gasteiger partial charge in [-0.3, -0.25) is 9.48 Å². The number of ether oxygens (including phenoxy) is 1. The molecule has 0 atom stereocenters. The van der Waals surface area contributed by atoms with E-state index in [1.807, 2.05) is 26.0 Å². The summed E-state index contributed by atoms with van der Waals surface area (Å²) in [5.74, 6) is 0.797. The Kier molecular flexibility index (Phi) is 4.45. The van der Waals surface area contributed by atoms with Gasteiger partial charge in [0, 0.05) is 17.3 Å². The molecule has 1 aromatic heterocycles. The fraction of sp³-hybridized carbons (Fsp3) is 0.333. The van der Waals surface area contributed by atoms with E-state index in [0.717, 1.165) is 17.0 Å². The van der Waals surface area contributed by atoms with E-state index in [1.165, 1.54) is 0 Å². The number of aromatic nitrogens is 2. The van der Waals surface area contributed by atoms with Crippen molar-refractivity contribution in [3.63, 3.8) is 0 Å². The van der Waals surface area contributed by atoms with Gasteiger partial charge in [-0.25, -0.2) is 0 Å². The molecule has 5 heteroatoms. The number of benzene rings is 1. The molecule has 2 rings (SSSR count). The van der Waals surface area contributed by atoms with Crippen LogP contribution in [0.25, 0.3) is 0 Å². The van der Waals surface area contributed by atoms with Gasteiger partial charge in [-0.1, -0.05) is 11.6 Å². The molecule has 0 amide bonds. The molecule has 1 heterocycles. The molecule has 0 aliphatic heterocycles. The Morgan fingerprint density at radius 3 is 2.75 bits per heavy atom. The predicted octanol–water partition coefficient (Wildman–Crippen LogP) is 3.49. The van der Waals surface area contributed by atoms with Crippen LogP contribution >= 0.6 is 11.6 Å². The van der Waals surface area contributed by atoms with E-state index in [9.17, 15) is 4.79 Å². The van der Waals surface area contributed by atoms with Crippen molar-refractivity contribution in [3.8, 4) is 5.75 Å². The van der Waals surface area contributed by atoms with Crippen molar-refractivity contribution in [3.05, 3.63) is 46.2 Å². The van der Waals surface area contributed by atoms with Gasteiger partial charge >= 0.3 is 0 Å². The van der Waals surface area contributed by atoms with Crippen molar-refractivity contribution < 1.29 is 9.53 Å². The van der Waals surface area contributed by atoms with Gasteiger partial charge in [0.15, 0.2) is 5.78 Å². The maximum atomic E-state index is 11.5. The summed E-state index contributed by atoms with van der Waals surface area (Å²) in [6.07, 6.45) is 1.77. The average Bonchev–Trinajstić information content (AvgIpc) is 2.70. The number of carbonyl (C=O) groups is 1. The first-order valence-electron chi connectivity index (χ1n) is 6.47. The molecule has 2 aromatic rings. The summed E-state index contributed by atoms with van der Waals surface area (Å²) in [7, 11) is 0. The Labute approximate surface area is 123 Å². The highest BCUT2D eigenvalue weighted by Crippen LogP contribution is 2.23. The molecular weight excluding hydrogens is 276 g/mol. The lowest BCUT2D eigenvalue weighted by molar-refractivity contribution is 0.101. The Balaban J connectivity index is 2.36. The van der Waals surface area contributed by atoms with Crippen LogP contribution in [0, 0.1) is 6.92 Å². The Hall–Kier alpha value is -1.81. The molecule has 0 unspecified atom stereocenters. The first kappa shape index (κ1) is 14.6. The van der Waals surface area contributed by atoms with Crippen LogP contribution in [0.2, 0.25) is 5.02 Å². The third-order valence-corrected chi connectivity index (χ3v) is 3.36. The number of Topliss-reactive ketones (excluding diaryl/α,β-unsaturated/α-hetero) is 1. The van der Waals surface area contributed by atoms with E-state index in [1.54, 1.807) is 23.9 Å². The number of carbonyl (C=O) groups excluding carboxylic acids is 1. The Bertz CT molecular complexity index is 615. The van der Waals surface area contributed by atoms with Crippen LogP contribution in [-0.4, -0.2) is 22.2 Å². The summed E-state index contributed by atoms with van der Waals surface area (Å²) in [6, 6.07) is 5.45. The third-order valence-electron chi connectivity index (χ3n) is 2.99. The molecule has 0 saturated heterocycles. The molecular formula is C15H17ClN2O2. The largest absolute Gasteiger partial charge is 0.494 e. The van der Waals surface area contributed by atoms with Crippen LogP contribution in [0.4, 0.5) is 0 Å². The lowest BCUT2D eigenvalue weighted by Gasteiger charge is -2.11. The predicted molar refractivity (Wildman–Crippen MR) is 78.7 cm³/mol. The van der Waals surface area contributed by atoms with Crippen LogP contribution in [0.15, 0.2) is 24.4 Å². The fourth-order valence-corrected chi connectivity index (χ4v) is 2.12. The minimum atomic E-state index is 0.0315. The quantitative estimate of drug-likeness (QED) is 0.792. The molecule has 0 aliphatic rings. The van der Waals surface area contributed by atoms with Gasteiger partial charge in [0.1, 0.15) is 5.75 Å². The molecule has 0 bridgehead atoms. The lowest BCUT2D eigenvalue weighted by Crippen LogP contribution is -2.06. The van der Waals surface area contributed by atoms with Gasteiger partial charge in [-0.2, -0.15) is 5.10 Å². The second-order valence-corrected chi connectivity index (χ2v) is 4.98.